The van der Waals surface area contributed by atoms with Crippen molar-refractivity contribution in [3.05, 3.63) is 141 Å². The molecule has 2 nitrogen and oxygen atoms in total. The average Bonchev–Trinajstić information content (AvgIpc) is 3.58. The van der Waals surface area contributed by atoms with Crippen molar-refractivity contribution >= 4 is 72.2 Å². The molecule has 3 aliphatic rings. The average molecular weight is 881 g/mol. The minimum absolute atomic E-state index is 0.00705. The molecule has 2 bridgehead atoms. The molecule has 0 atom stereocenters. The second-order valence-corrected chi connectivity index (χ2v) is 25.2. The third kappa shape index (κ3) is 8.56. The van der Waals surface area contributed by atoms with Gasteiger partial charge in [-0.15, -0.1) is 11.3 Å². The minimum atomic E-state index is 0.00705. The summed E-state index contributed by atoms with van der Waals surface area (Å²) in [5.41, 5.74) is 23.0. The maximum Gasteiger partial charge on any atom is 0.262 e. The highest BCUT2D eigenvalue weighted by Crippen LogP contribution is 2.49. The van der Waals surface area contributed by atoms with Gasteiger partial charge >= 0.3 is 0 Å². The van der Waals surface area contributed by atoms with Gasteiger partial charge in [0.2, 0.25) is 0 Å². The van der Waals surface area contributed by atoms with Crippen LogP contribution in [0, 0.1) is 31.6 Å². The molecule has 340 valence electrons. The Kier molecular flexibility index (Phi) is 11.8. The second kappa shape index (κ2) is 16.4. The summed E-state index contributed by atoms with van der Waals surface area (Å²) in [6.45, 7) is 42.7. The van der Waals surface area contributed by atoms with Crippen LogP contribution in [0.15, 0.2) is 102 Å². The van der Waals surface area contributed by atoms with E-state index in [4.69, 9.17) is 0 Å². The fraction of sp³-hybridized carbons (Fsp3) is 0.443. The smallest absolute Gasteiger partial charge is 0.262 e. The third-order valence-electron chi connectivity index (χ3n) is 15.9. The van der Waals surface area contributed by atoms with Crippen molar-refractivity contribution in [3.63, 3.8) is 0 Å². The Morgan fingerprint density at radius 3 is 2.09 bits per heavy atom. The van der Waals surface area contributed by atoms with Gasteiger partial charge in [-0.1, -0.05) is 135 Å². The maximum absolute atomic E-state index is 4.16. The molecule has 2 aliphatic heterocycles. The molecule has 4 heteroatoms. The number of fused-ring (bicyclic) bond motifs is 4. The molecular formula is C61H77BN2S. The Bertz CT molecular complexity index is 2860. The van der Waals surface area contributed by atoms with Crippen LogP contribution < -0.4 is 25.9 Å². The van der Waals surface area contributed by atoms with Gasteiger partial charge in [0.1, 0.15) is 0 Å². The van der Waals surface area contributed by atoms with Crippen molar-refractivity contribution in [2.24, 2.45) is 10.8 Å². The van der Waals surface area contributed by atoms with Crippen molar-refractivity contribution in [3.8, 4) is 0 Å². The van der Waals surface area contributed by atoms with Crippen LogP contribution in [0.1, 0.15) is 168 Å². The fourth-order valence-electron chi connectivity index (χ4n) is 11.4. The van der Waals surface area contributed by atoms with Gasteiger partial charge in [0.15, 0.2) is 0 Å². The van der Waals surface area contributed by atoms with Gasteiger partial charge in [0.25, 0.3) is 6.71 Å². The quantitative estimate of drug-likeness (QED) is 0.135. The molecule has 5 aromatic rings. The van der Waals surface area contributed by atoms with Crippen molar-refractivity contribution in [1.29, 1.82) is 0 Å². The molecule has 1 aliphatic carbocycles. The zero-order chi connectivity index (χ0) is 47.3. The summed E-state index contributed by atoms with van der Waals surface area (Å²) in [7, 11) is 0. The number of thiophene rings is 1. The molecule has 0 saturated carbocycles. The molecule has 0 spiro atoms. The highest BCUT2D eigenvalue weighted by atomic mass is 32.1. The molecule has 1 N–H and O–H groups in total. The number of nitrogens with zero attached hydrogens (tertiary/aromatic N) is 1. The first kappa shape index (κ1) is 47.0. The van der Waals surface area contributed by atoms with E-state index in [1.54, 1.807) is 0 Å². The van der Waals surface area contributed by atoms with Crippen molar-refractivity contribution in [1.82, 2.24) is 0 Å². The predicted octanol–water partition coefficient (Wildman–Crippen LogP) is 16.2. The molecule has 65 heavy (non-hydrogen) atoms. The highest BCUT2D eigenvalue weighted by molar-refractivity contribution is 7.33. The number of benzene rings is 4. The maximum atomic E-state index is 4.16. The van der Waals surface area contributed by atoms with E-state index < -0.39 is 0 Å². The first-order chi connectivity index (χ1) is 30.2. The van der Waals surface area contributed by atoms with Crippen LogP contribution in [0.3, 0.4) is 0 Å². The SMILES string of the molecule is C/C=C\C(C)=C(/C)c1ccc(Nc2cc(C)cc3c2B(c2cc4c(cc2C)C(C)(C)CCC4(C)C)c2sc4ccc5cc4c2N3C(/C=C(\C)C(C)(C)C)=C/CC(C)(C)CC5(C)C)c(C)c1. The number of nitrogens with one attached hydrogen (secondary N) is 1. The number of hydrogen-bond donors (Lipinski definition) is 1. The van der Waals surface area contributed by atoms with Gasteiger partial charge in [-0.3, -0.25) is 0 Å². The molecule has 1 aromatic heterocycles. The first-order valence-electron chi connectivity index (χ1n) is 24.5. The van der Waals surface area contributed by atoms with Crippen molar-refractivity contribution in [2.75, 3.05) is 10.2 Å². The normalized spacial score (nSPS) is 20.0. The molecule has 0 saturated heterocycles. The summed E-state index contributed by atoms with van der Waals surface area (Å²) >= 11 is 2.02. The van der Waals surface area contributed by atoms with Gasteiger partial charge in [-0.25, -0.2) is 0 Å². The topological polar surface area (TPSA) is 15.3 Å². The summed E-state index contributed by atoms with van der Waals surface area (Å²) in [4.78, 5) is 2.71. The van der Waals surface area contributed by atoms with Gasteiger partial charge in [0.05, 0.1) is 5.69 Å². The van der Waals surface area contributed by atoms with Crippen LogP contribution in [-0.2, 0) is 16.2 Å². The molecule has 0 radical (unpaired) electrons. The van der Waals surface area contributed by atoms with Crippen LogP contribution >= 0.6 is 11.3 Å². The lowest BCUT2D eigenvalue weighted by molar-refractivity contribution is 0.259. The molecule has 4 aromatic carbocycles. The van der Waals surface area contributed by atoms with Crippen molar-refractivity contribution < 1.29 is 0 Å². The Morgan fingerprint density at radius 1 is 0.769 bits per heavy atom. The van der Waals surface area contributed by atoms with Gasteiger partial charge in [0, 0.05) is 37.6 Å². The Labute approximate surface area is 398 Å². The van der Waals surface area contributed by atoms with E-state index in [-0.39, 0.29) is 33.8 Å². The first-order valence-corrected chi connectivity index (χ1v) is 25.3. The minimum Gasteiger partial charge on any atom is -0.356 e. The van der Waals surface area contributed by atoms with E-state index in [2.05, 4.69) is 220 Å². The van der Waals surface area contributed by atoms with E-state index in [1.807, 2.05) is 11.3 Å². The Hall–Kier alpha value is -4.54. The molecule has 3 heterocycles. The molecule has 0 unspecified atom stereocenters. The number of rotatable bonds is 6. The molecule has 0 fully saturated rings. The standard InChI is InChI=1S/C61H77BN2S/c1-19-20-38(3)42(7)43-21-23-50(40(5)31-43)63-51-29-37(2)30-52-54(51)62(49-35-48-47(32-39(49)4)59(13,14)27-28-60(48,15)16)56-55-46-34-44(22-24-53(46)65-56)61(17,18)36-58(11,12)26-25-45(64(52)55)33-41(6)57(8,9)10/h19-25,29-35,63H,26-28,36H2,1-18H3/b20-19-,41-33+,42-38+,45-25+. The zero-order valence-corrected chi connectivity index (χ0v) is 44.2. The number of allylic oxidation sites excluding steroid dienone is 7. The predicted molar refractivity (Wildman–Crippen MR) is 291 cm³/mol. The molecule has 8 rings (SSSR count). The van der Waals surface area contributed by atoms with Gasteiger partial charge in [-0.2, -0.15) is 0 Å². The largest absolute Gasteiger partial charge is 0.356 e. The third-order valence-corrected chi connectivity index (χ3v) is 17.1. The van der Waals surface area contributed by atoms with E-state index >= 15 is 0 Å². The summed E-state index contributed by atoms with van der Waals surface area (Å²) in [5, 5.41) is 5.53. The van der Waals surface area contributed by atoms with Crippen LogP contribution in [0.25, 0.3) is 15.7 Å². The van der Waals surface area contributed by atoms with Crippen LogP contribution in [0.5, 0.6) is 0 Å². The van der Waals surface area contributed by atoms with Gasteiger partial charge in [-0.05, 0) is 194 Å². The Balaban J connectivity index is 1.49. The lowest BCUT2D eigenvalue weighted by Crippen LogP contribution is -2.58. The monoisotopic (exact) mass is 881 g/mol. The van der Waals surface area contributed by atoms with Crippen LogP contribution in [-0.4, -0.2) is 6.71 Å². The lowest BCUT2D eigenvalue weighted by atomic mass is 9.36. The molecule has 0 amide bonds. The summed E-state index contributed by atoms with van der Waals surface area (Å²) in [5.74, 6) is 0. The van der Waals surface area contributed by atoms with Gasteiger partial charge < -0.3 is 10.2 Å². The Morgan fingerprint density at radius 2 is 1.45 bits per heavy atom. The van der Waals surface area contributed by atoms with E-state index in [0.29, 0.717) is 0 Å². The highest BCUT2D eigenvalue weighted by Gasteiger charge is 2.45. The van der Waals surface area contributed by atoms with E-state index in [0.717, 1.165) is 18.5 Å². The van der Waals surface area contributed by atoms with Crippen LogP contribution in [0.4, 0.5) is 22.7 Å². The van der Waals surface area contributed by atoms with E-state index in [1.165, 1.54) is 117 Å². The molecular weight excluding hydrogens is 804 g/mol. The second-order valence-electron chi connectivity index (χ2n) is 24.2. The van der Waals surface area contributed by atoms with E-state index in [9.17, 15) is 0 Å². The lowest BCUT2D eigenvalue weighted by Gasteiger charge is -2.43. The van der Waals surface area contributed by atoms with Crippen LogP contribution in [0.2, 0.25) is 0 Å². The van der Waals surface area contributed by atoms with Crippen molar-refractivity contribution in [2.45, 2.75) is 167 Å². The fourth-order valence-corrected chi connectivity index (χ4v) is 12.7. The zero-order valence-electron chi connectivity index (χ0n) is 43.3. The summed E-state index contributed by atoms with van der Waals surface area (Å²) in [6.07, 6.45) is 13.9. The number of hydrogen-bond acceptors (Lipinski definition) is 3. The summed E-state index contributed by atoms with van der Waals surface area (Å²) in [6, 6.07) is 24.6. The number of anilines is 4. The number of aryl methyl sites for hydroxylation is 3. The summed E-state index contributed by atoms with van der Waals surface area (Å²) < 4.78 is 2.79.